The van der Waals surface area contributed by atoms with Crippen LogP contribution < -0.4 is 16.6 Å². The lowest BCUT2D eigenvalue weighted by molar-refractivity contribution is 0.0936. The van der Waals surface area contributed by atoms with Crippen LogP contribution in [0.25, 0.3) is 11.0 Å². The molecule has 2 aromatic heterocycles. The average molecular weight is 414 g/mol. The van der Waals surface area contributed by atoms with Crippen molar-refractivity contribution in [3.8, 4) is 0 Å². The summed E-state index contributed by atoms with van der Waals surface area (Å²) < 4.78 is 1.36. The molecule has 0 spiro atoms. The summed E-state index contributed by atoms with van der Waals surface area (Å²) in [7, 11) is 0. The number of aryl methyl sites for hydroxylation is 1. The van der Waals surface area contributed by atoms with Gasteiger partial charge in [0.05, 0.1) is 17.0 Å². The van der Waals surface area contributed by atoms with Gasteiger partial charge in [0.1, 0.15) is 5.65 Å². The van der Waals surface area contributed by atoms with Gasteiger partial charge in [-0.1, -0.05) is 60.7 Å². The molecule has 2 aromatic carbocycles. The molecule has 156 valence electrons. The van der Waals surface area contributed by atoms with E-state index in [1.165, 1.54) is 16.8 Å². The van der Waals surface area contributed by atoms with Gasteiger partial charge in [-0.15, -0.1) is 0 Å². The number of H-pyrrole nitrogens is 1. The molecule has 2 N–H and O–H groups in total. The molecule has 0 saturated carbocycles. The number of pyridine rings is 1. The summed E-state index contributed by atoms with van der Waals surface area (Å²) in [5.41, 5.74) is 1.51. The van der Waals surface area contributed by atoms with E-state index in [2.05, 4.69) is 15.3 Å². The minimum atomic E-state index is -0.559. The van der Waals surface area contributed by atoms with E-state index in [-0.39, 0.29) is 28.5 Å². The van der Waals surface area contributed by atoms with Crippen molar-refractivity contribution in [2.75, 3.05) is 0 Å². The number of rotatable bonds is 6. The number of hydrogen-bond acceptors (Lipinski definition) is 4. The molecule has 0 bridgehead atoms. The Labute approximate surface area is 178 Å². The first kappa shape index (κ1) is 20.3. The fourth-order valence-electron chi connectivity index (χ4n) is 3.61. The van der Waals surface area contributed by atoms with E-state index in [9.17, 15) is 14.4 Å². The van der Waals surface area contributed by atoms with Gasteiger partial charge in [-0.2, -0.15) is 0 Å². The summed E-state index contributed by atoms with van der Waals surface area (Å²) in [4.78, 5) is 43.8. The van der Waals surface area contributed by atoms with Crippen LogP contribution in [-0.4, -0.2) is 20.4 Å². The third kappa shape index (κ3) is 4.30. The van der Waals surface area contributed by atoms with Gasteiger partial charge in [0, 0.05) is 12.7 Å². The molecule has 31 heavy (non-hydrogen) atoms. The Balaban J connectivity index is 1.68. The Kier molecular flexibility index (Phi) is 5.75. The highest BCUT2D eigenvalue weighted by Gasteiger charge is 2.18. The Morgan fingerprint density at radius 3 is 2.42 bits per heavy atom. The van der Waals surface area contributed by atoms with Crippen LogP contribution in [0, 0.1) is 0 Å². The second-order valence-electron chi connectivity index (χ2n) is 7.23. The molecule has 0 radical (unpaired) electrons. The fraction of sp³-hybridized carbons (Fsp3) is 0.167. The number of aromatic nitrogens is 3. The molecule has 0 aliphatic carbocycles. The molecular weight excluding hydrogens is 392 g/mol. The van der Waals surface area contributed by atoms with Crippen molar-refractivity contribution in [2.45, 2.75) is 25.9 Å². The second-order valence-corrected chi connectivity index (χ2v) is 7.23. The van der Waals surface area contributed by atoms with Crippen LogP contribution in [0.5, 0.6) is 0 Å². The molecule has 1 unspecified atom stereocenters. The van der Waals surface area contributed by atoms with Gasteiger partial charge >= 0.3 is 5.69 Å². The summed E-state index contributed by atoms with van der Waals surface area (Å²) in [6, 6.07) is 20.9. The average Bonchev–Trinajstić information content (AvgIpc) is 2.80. The molecule has 0 fully saturated rings. The Morgan fingerprint density at radius 2 is 1.74 bits per heavy atom. The first-order chi connectivity index (χ1) is 15.1. The standard InChI is InChI=1S/C24H22N4O3/c1-2-28-21-19(23(30)27-24(28)31)14-18(15-25-21)22(29)26-20(17-11-7-4-8-12-17)13-16-9-5-3-6-10-16/h3-12,14-15,20H,2,13H2,1H3,(H,26,29)(H,27,30,31). The highest BCUT2D eigenvalue weighted by molar-refractivity contribution is 5.97. The lowest BCUT2D eigenvalue weighted by atomic mass is 9.98. The molecule has 0 aliphatic heterocycles. The largest absolute Gasteiger partial charge is 0.345 e. The molecule has 4 aromatic rings. The minimum absolute atomic E-state index is 0.202. The fourth-order valence-corrected chi connectivity index (χ4v) is 3.61. The van der Waals surface area contributed by atoms with Crippen LogP contribution >= 0.6 is 0 Å². The van der Waals surface area contributed by atoms with Crippen LogP contribution in [0.1, 0.15) is 34.5 Å². The van der Waals surface area contributed by atoms with Crippen molar-refractivity contribution in [3.05, 3.63) is 110 Å². The monoisotopic (exact) mass is 414 g/mol. The summed E-state index contributed by atoms with van der Waals surface area (Å²) in [5.74, 6) is -0.340. The van der Waals surface area contributed by atoms with Gasteiger partial charge in [0.15, 0.2) is 0 Å². The van der Waals surface area contributed by atoms with E-state index in [1.54, 1.807) is 6.92 Å². The number of nitrogens with one attached hydrogen (secondary N) is 2. The zero-order valence-corrected chi connectivity index (χ0v) is 17.0. The van der Waals surface area contributed by atoms with Crippen molar-refractivity contribution in [2.24, 2.45) is 0 Å². The van der Waals surface area contributed by atoms with E-state index in [0.29, 0.717) is 13.0 Å². The first-order valence-corrected chi connectivity index (χ1v) is 10.1. The van der Waals surface area contributed by atoms with Gasteiger partial charge < -0.3 is 5.32 Å². The summed E-state index contributed by atoms with van der Waals surface area (Å²) in [6.07, 6.45) is 2.01. The lowest BCUT2D eigenvalue weighted by Gasteiger charge is -2.20. The molecule has 4 rings (SSSR count). The van der Waals surface area contributed by atoms with Gasteiger partial charge in [-0.3, -0.25) is 19.1 Å². The zero-order valence-electron chi connectivity index (χ0n) is 17.0. The van der Waals surface area contributed by atoms with Crippen LogP contribution in [0.3, 0.4) is 0 Å². The number of benzene rings is 2. The predicted octanol–water partition coefficient (Wildman–Crippen LogP) is 2.82. The molecule has 1 atom stereocenters. The number of carbonyl (C=O) groups is 1. The molecule has 1 amide bonds. The van der Waals surface area contributed by atoms with Crippen LogP contribution in [0.2, 0.25) is 0 Å². The van der Waals surface area contributed by atoms with Gasteiger partial charge in [0.2, 0.25) is 0 Å². The van der Waals surface area contributed by atoms with Crippen LogP contribution in [0.4, 0.5) is 0 Å². The minimum Gasteiger partial charge on any atom is -0.345 e. The third-order valence-electron chi connectivity index (χ3n) is 5.20. The summed E-state index contributed by atoms with van der Waals surface area (Å²) >= 11 is 0. The van der Waals surface area contributed by atoms with Crippen molar-refractivity contribution in [1.82, 2.24) is 19.9 Å². The SMILES string of the molecule is CCn1c(=O)[nH]c(=O)c2cc(C(=O)NC(Cc3ccccc3)c3ccccc3)cnc21. The van der Waals surface area contributed by atoms with Crippen molar-refractivity contribution in [3.63, 3.8) is 0 Å². The number of nitrogens with zero attached hydrogens (tertiary/aromatic N) is 2. The topological polar surface area (TPSA) is 96.9 Å². The number of carbonyl (C=O) groups excluding carboxylic acids is 1. The number of hydrogen-bond donors (Lipinski definition) is 2. The number of amides is 1. The van der Waals surface area contributed by atoms with Crippen LogP contribution in [0.15, 0.2) is 82.5 Å². The highest BCUT2D eigenvalue weighted by atomic mass is 16.2. The quantitative estimate of drug-likeness (QED) is 0.507. The van der Waals surface area contributed by atoms with E-state index in [0.717, 1.165) is 11.1 Å². The Morgan fingerprint density at radius 1 is 1.06 bits per heavy atom. The molecule has 0 saturated heterocycles. The van der Waals surface area contributed by atoms with Crippen LogP contribution in [-0.2, 0) is 13.0 Å². The van der Waals surface area contributed by atoms with Gasteiger partial charge in [-0.25, -0.2) is 9.78 Å². The lowest BCUT2D eigenvalue weighted by Crippen LogP contribution is -2.32. The molecule has 7 heteroatoms. The number of fused-ring (bicyclic) bond motifs is 1. The normalized spacial score (nSPS) is 11.9. The second kappa shape index (κ2) is 8.79. The smallest absolute Gasteiger partial charge is 0.329 e. The first-order valence-electron chi connectivity index (χ1n) is 10.1. The molecule has 0 aliphatic rings. The van der Waals surface area contributed by atoms with Crippen molar-refractivity contribution < 1.29 is 4.79 Å². The number of aromatic amines is 1. The maximum atomic E-state index is 13.1. The van der Waals surface area contributed by atoms with E-state index < -0.39 is 11.2 Å². The summed E-state index contributed by atoms with van der Waals surface area (Å²) in [5, 5.41) is 3.26. The maximum Gasteiger partial charge on any atom is 0.329 e. The highest BCUT2D eigenvalue weighted by Crippen LogP contribution is 2.19. The predicted molar refractivity (Wildman–Crippen MR) is 119 cm³/mol. The Hall–Kier alpha value is -4.00. The van der Waals surface area contributed by atoms with Crippen molar-refractivity contribution in [1.29, 1.82) is 0 Å². The Bertz CT molecular complexity index is 1330. The third-order valence-corrected chi connectivity index (χ3v) is 5.20. The molecule has 2 heterocycles. The molecule has 7 nitrogen and oxygen atoms in total. The molecular formula is C24H22N4O3. The maximum absolute atomic E-state index is 13.1. The van der Waals surface area contributed by atoms with Gasteiger partial charge in [0.25, 0.3) is 11.5 Å². The van der Waals surface area contributed by atoms with E-state index in [4.69, 9.17) is 0 Å². The van der Waals surface area contributed by atoms with Gasteiger partial charge in [-0.05, 0) is 30.5 Å². The zero-order chi connectivity index (χ0) is 21.8. The van der Waals surface area contributed by atoms with E-state index in [1.807, 2.05) is 60.7 Å². The summed E-state index contributed by atoms with van der Waals surface area (Å²) in [6.45, 7) is 2.15. The van der Waals surface area contributed by atoms with Crippen molar-refractivity contribution >= 4 is 16.9 Å². The van der Waals surface area contributed by atoms with E-state index >= 15 is 0 Å².